The summed E-state index contributed by atoms with van der Waals surface area (Å²) < 4.78 is 15.2. The van der Waals surface area contributed by atoms with Gasteiger partial charge in [0.25, 0.3) is 5.91 Å². The Hall–Kier alpha value is -2.19. The highest BCUT2D eigenvalue weighted by molar-refractivity contribution is 9.10. The molecule has 2 heterocycles. The second-order valence-corrected chi connectivity index (χ2v) is 7.15. The van der Waals surface area contributed by atoms with Crippen LogP contribution in [-0.4, -0.2) is 22.3 Å². The summed E-state index contributed by atoms with van der Waals surface area (Å²) in [6.45, 7) is 0. The zero-order valence-corrected chi connectivity index (χ0v) is 15.4. The van der Waals surface area contributed by atoms with Gasteiger partial charge in [0.1, 0.15) is 11.5 Å². The van der Waals surface area contributed by atoms with Crippen molar-refractivity contribution in [2.45, 2.75) is 6.17 Å². The number of rotatable bonds is 1. The molecule has 0 aromatic heterocycles. The van der Waals surface area contributed by atoms with E-state index in [2.05, 4.69) is 31.3 Å². The molecule has 1 amide bonds. The Kier molecular flexibility index (Phi) is 4.09. The fourth-order valence-electron chi connectivity index (χ4n) is 2.83. The van der Waals surface area contributed by atoms with Gasteiger partial charge in [0.15, 0.2) is 11.3 Å². The Morgan fingerprint density at radius 2 is 2.08 bits per heavy atom. The number of hydrogen-bond acceptors (Lipinski definition) is 5. The lowest BCUT2D eigenvalue weighted by atomic mass is 10.1. The van der Waals surface area contributed by atoms with E-state index >= 15 is 0 Å². The molecule has 8 heteroatoms. The molecule has 4 rings (SSSR count). The van der Waals surface area contributed by atoms with Gasteiger partial charge in [-0.1, -0.05) is 45.9 Å². The Morgan fingerprint density at radius 3 is 2.84 bits per heavy atom. The summed E-state index contributed by atoms with van der Waals surface area (Å²) in [5.74, 6) is -0.669. The fourth-order valence-corrected chi connectivity index (χ4v) is 3.56. The van der Waals surface area contributed by atoms with Crippen LogP contribution in [0.15, 0.2) is 57.0 Å². The van der Waals surface area contributed by atoms with Crippen molar-refractivity contribution in [3.8, 4) is 0 Å². The minimum absolute atomic E-state index is 0.282. The summed E-state index contributed by atoms with van der Waals surface area (Å²) >= 11 is 4.73. The quantitative estimate of drug-likeness (QED) is 0.771. The molecule has 126 valence electrons. The highest BCUT2D eigenvalue weighted by Crippen LogP contribution is 2.31. The van der Waals surface area contributed by atoms with Gasteiger partial charge in [0.05, 0.1) is 5.36 Å². The van der Waals surface area contributed by atoms with Crippen LogP contribution in [0.2, 0.25) is 0 Å². The molecule has 1 atom stereocenters. The van der Waals surface area contributed by atoms with Crippen molar-refractivity contribution in [1.29, 1.82) is 0 Å². The van der Waals surface area contributed by atoms with Gasteiger partial charge in [0, 0.05) is 15.3 Å². The Labute approximate surface area is 155 Å². The lowest BCUT2D eigenvalue weighted by Crippen LogP contribution is -2.50. The van der Waals surface area contributed by atoms with Crippen LogP contribution in [0.4, 0.5) is 4.39 Å². The molecule has 2 aliphatic heterocycles. The standard InChI is InChI=1S/C17H12BrFN4OS/c1-25-17-21-16(24)14-11-8-9(18)6-7-13(11)20-15(23(14)22-17)10-4-2-3-5-12(10)19/h2-8,15H,1H3,(H,21,22,24)/t15-/m0/s1. The van der Waals surface area contributed by atoms with Crippen molar-refractivity contribution < 1.29 is 9.18 Å². The number of nitrogens with one attached hydrogen (secondary N) is 1. The number of hydrazone groups is 1. The molecule has 0 unspecified atom stereocenters. The molecule has 5 nitrogen and oxygen atoms in total. The van der Waals surface area contributed by atoms with Gasteiger partial charge in [0.2, 0.25) is 0 Å². The van der Waals surface area contributed by atoms with Gasteiger partial charge >= 0.3 is 0 Å². The number of hydrogen-bond donors (Lipinski definition) is 1. The molecule has 0 aliphatic carbocycles. The fraction of sp³-hybridized carbons (Fsp3) is 0.118. The largest absolute Gasteiger partial charge is 0.298 e. The van der Waals surface area contributed by atoms with E-state index in [4.69, 9.17) is 0 Å². The molecular formula is C17H12BrFN4OS. The minimum atomic E-state index is -0.738. The van der Waals surface area contributed by atoms with Crippen LogP contribution in [0.3, 0.4) is 0 Å². The van der Waals surface area contributed by atoms with E-state index in [1.54, 1.807) is 24.3 Å². The van der Waals surface area contributed by atoms with Crippen LogP contribution in [-0.2, 0) is 4.79 Å². The van der Waals surface area contributed by atoms with Gasteiger partial charge in [-0.05, 0) is 30.5 Å². The maximum absolute atomic E-state index is 14.4. The predicted molar refractivity (Wildman–Crippen MR) is 98.4 cm³/mol. The molecule has 25 heavy (non-hydrogen) atoms. The van der Waals surface area contributed by atoms with Crippen LogP contribution in [0.25, 0.3) is 5.70 Å². The van der Waals surface area contributed by atoms with Crippen LogP contribution in [0.5, 0.6) is 0 Å². The smallest absolute Gasteiger partial charge is 0.276 e. The van der Waals surface area contributed by atoms with Gasteiger partial charge in [-0.15, -0.1) is 5.10 Å². The minimum Gasteiger partial charge on any atom is -0.298 e. The molecule has 2 aromatic rings. The van der Waals surface area contributed by atoms with Crippen LogP contribution in [0.1, 0.15) is 11.7 Å². The van der Waals surface area contributed by atoms with Crippen molar-refractivity contribution in [1.82, 2.24) is 10.3 Å². The van der Waals surface area contributed by atoms with Gasteiger partial charge in [-0.2, -0.15) is 0 Å². The third kappa shape index (κ3) is 2.75. The summed E-state index contributed by atoms with van der Waals surface area (Å²) in [6.07, 6.45) is 1.08. The van der Waals surface area contributed by atoms with Crippen LogP contribution < -0.4 is 15.9 Å². The van der Waals surface area contributed by atoms with E-state index in [0.29, 0.717) is 27.0 Å². The zero-order chi connectivity index (χ0) is 17.6. The van der Waals surface area contributed by atoms with Crippen molar-refractivity contribution >= 4 is 44.5 Å². The lowest BCUT2D eigenvalue weighted by Gasteiger charge is -2.34. The monoisotopic (exact) mass is 418 g/mol. The SMILES string of the molecule is CSC1=NN2C(=c3cc(Br)ccc3=N[C@@H]2c2ccccc2F)C(=O)N1. The number of halogens is 2. The second-order valence-electron chi connectivity index (χ2n) is 5.44. The second kappa shape index (κ2) is 6.27. The molecular weight excluding hydrogens is 407 g/mol. The summed E-state index contributed by atoms with van der Waals surface area (Å²) in [5, 5.41) is 10.5. The Morgan fingerprint density at radius 1 is 1.28 bits per heavy atom. The highest BCUT2D eigenvalue weighted by atomic mass is 79.9. The first-order valence-electron chi connectivity index (χ1n) is 7.44. The number of fused-ring (bicyclic) bond motifs is 2. The van der Waals surface area contributed by atoms with E-state index in [-0.39, 0.29) is 11.7 Å². The first kappa shape index (κ1) is 16.3. The molecule has 2 aliphatic rings. The van der Waals surface area contributed by atoms with Crippen molar-refractivity contribution in [3.05, 3.63) is 68.9 Å². The normalized spacial score (nSPS) is 18.8. The number of benzene rings is 2. The van der Waals surface area contributed by atoms with Crippen LogP contribution in [0, 0.1) is 5.82 Å². The van der Waals surface area contributed by atoms with Gasteiger partial charge in [-0.25, -0.2) is 9.40 Å². The lowest BCUT2D eigenvalue weighted by molar-refractivity contribution is -0.116. The number of amides is 1. The van der Waals surface area contributed by atoms with E-state index in [1.165, 1.54) is 22.8 Å². The van der Waals surface area contributed by atoms with E-state index in [0.717, 1.165) is 4.47 Å². The summed E-state index contributed by atoms with van der Waals surface area (Å²) in [7, 11) is 0. The summed E-state index contributed by atoms with van der Waals surface area (Å²) in [6, 6.07) is 11.9. The average Bonchev–Trinajstić information content (AvgIpc) is 2.61. The number of amidine groups is 1. The van der Waals surface area contributed by atoms with E-state index in [9.17, 15) is 9.18 Å². The van der Waals surface area contributed by atoms with Crippen molar-refractivity contribution in [2.24, 2.45) is 10.1 Å². The number of nitrogens with zero attached hydrogens (tertiary/aromatic N) is 3. The summed E-state index contributed by atoms with van der Waals surface area (Å²) in [4.78, 5) is 17.4. The molecule has 0 saturated carbocycles. The van der Waals surface area contributed by atoms with E-state index < -0.39 is 6.17 Å². The van der Waals surface area contributed by atoms with Gasteiger partial charge in [-0.3, -0.25) is 15.1 Å². The highest BCUT2D eigenvalue weighted by Gasteiger charge is 2.35. The zero-order valence-electron chi connectivity index (χ0n) is 13.0. The third-order valence-corrected chi connectivity index (χ3v) is 5.01. The Bertz CT molecular complexity index is 1040. The first-order chi connectivity index (χ1) is 12.1. The van der Waals surface area contributed by atoms with Gasteiger partial charge < -0.3 is 0 Å². The molecule has 0 bridgehead atoms. The molecule has 2 aromatic carbocycles. The van der Waals surface area contributed by atoms with Crippen molar-refractivity contribution in [2.75, 3.05) is 6.26 Å². The molecule has 0 spiro atoms. The number of carbonyl (C=O) groups is 1. The maximum Gasteiger partial charge on any atom is 0.276 e. The predicted octanol–water partition coefficient (Wildman–Crippen LogP) is 2.09. The molecule has 0 radical (unpaired) electrons. The van der Waals surface area contributed by atoms with E-state index in [1.807, 2.05) is 18.4 Å². The average molecular weight is 419 g/mol. The number of carbonyl (C=O) groups excluding carboxylic acids is 1. The summed E-state index contributed by atoms with van der Waals surface area (Å²) in [5.41, 5.74) is 0.727. The van der Waals surface area contributed by atoms with Crippen LogP contribution >= 0.6 is 27.7 Å². The third-order valence-electron chi connectivity index (χ3n) is 3.95. The number of thioether (sulfide) groups is 1. The maximum atomic E-state index is 14.4. The Balaban J connectivity index is 2.03. The molecule has 1 N–H and O–H groups in total. The molecule has 0 saturated heterocycles. The molecule has 0 fully saturated rings. The first-order valence-corrected chi connectivity index (χ1v) is 9.45. The van der Waals surface area contributed by atoms with Crippen molar-refractivity contribution in [3.63, 3.8) is 0 Å². The topological polar surface area (TPSA) is 57.1 Å².